The molecule has 0 aromatic heterocycles. The van der Waals surface area contributed by atoms with Crippen molar-refractivity contribution in [2.45, 2.75) is 70.8 Å². The molecule has 3 heteroatoms. The van der Waals surface area contributed by atoms with Gasteiger partial charge in [-0.3, -0.25) is 4.79 Å². The fourth-order valence-corrected chi connectivity index (χ4v) is 3.67. The summed E-state index contributed by atoms with van der Waals surface area (Å²) in [6.07, 6.45) is 11.8. The lowest BCUT2D eigenvalue weighted by Gasteiger charge is -2.26. The third-order valence-electron chi connectivity index (χ3n) is 4.83. The second kappa shape index (κ2) is 7.88. The van der Waals surface area contributed by atoms with Crippen LogP contribution in [0.25, 0.3) is 0 Å². The van der Waals surface area contributed by atoms with Gasteiger partial charge < -0.3 is 10.6 Å². The molecular formula is C16H30N2O. The highest BCUT2D eigenvalue weighted by atomic mass is 16.1. The molecule has 0 bridgehead atoms. The Bertz CT molecular complexity index is 274. The van der Waals surface area contributed by atoms with Crippen molar-refractivity contribution in [3.8, 4) is 0 Å². The van der Waals surface area contributed by atoms with Gasteiger partial charge in [-0.1, -0.05) is 39.0 Å². The van der Waals surface area contributed by atoms with Gasteiger partial charge >= 0.3 is 0 Å². The topological polar surface area (TPSA) is 41.1 Å². The number of amides is 1. The average Bonchev–Trinajstić information content (AvgIpc) is 2.89. The van der Waals surface area contributed by atoms with E-state index < -0.39 is 0 Å². The van der Waals surface area contributed by atoms with Crippen LogP contribution in [0.5, 0.6) is 0 Å². The predicted molar refractivity (Wildman–Crippen MR) is 79.0 cm³/mol. The van der Waals surface area contributed by atoms with Crippen LogP contribution in [0.15, 0.2) is 0 Å². The Morgan fingerprint density at radius 3 is 2.63 bits per heavy atom. The summed E-state index contributed by atoms with van der Waals surface area (Å²) in [6.45, 7) is 3.73. The summed E-state index contributed by atoms with van der Waals surface area (Å²) < 4.78 is 0. The molecule has 0 heterocycles. The Hall–Kier alpha value is -0.570. The second-order valence-corrected chi connectivity index (χ2v) is 6.64. The normalized spacial score (nSPS) is 28.5. The van der Waals surface area contributed by atoms with Gasteiger partial charge in [-0.15, -0.1) is 0 Å². The molecule has 2 atom stereocenters. The zero-order chi connectivity index (χ0) is 13.5. The van der Waals surface area contributed by atoms with E-state index in [9.17, 15) is 4.79 Å². The molecule has 2 N–H and O–H groups in total. The average molecular weight is 266 g/mol. The van der Waals surface area contributed by atoms with E-state index in [4.69, 9.17) is 0 Å². The predicted octanol–water partition coefficient (Wildman–Crippen LogP) is 2.85. The lowest BCUT2D eigenvalue weighted by Crippen LogP contribution is -2.38. The van der Waals surface area contributed by atoms with E-state index in [-0.39, 0.29) is 5.91 Å². The molecule has 2 aliphatic carbocycles. The maximum atomic E-state index is 11.7. The van der Waals surface area contributed by atoms with E-state index in [1.807, 2.05) is 0 Å². The van der Waals surface area contributed by atoms with E-state index in [1.54, 1.807) is 0 Å². The van der Waals surface area contributed by atoms with Gasteiger partial charge in [-0.2, -0.15) is 0 Å². The largest absolute Gasteiger partial charge is 0.355 e. The van der Waals surface area contributed by atoms with Crippen molar-refractivity contribution in [2.24, 2.45) is 11.8 Å². The van der Waals surface area contributed by atoms with Gasteiger partial charge in [0.25, 0.3) is 0 Å². The van der Waals surface area contributed by atoms with E-state index in [1.165, 1.54) is 57.8 Å². The van der Waals surface area contributed by atoms with Crippen LogP contribution in [-0.4, -0.2) is 25.0 Å². The van der Waals surface area contributed by atoms with Gasteiger partial charge in [0.15, 0.2) is 0 Å². The van der Waals surface area contributed by atoms with Gasteiger partial charge in [0.05, 0.1) is 6.54 Å². The zero-order valence-electron chi connectivity index (χ0n) is 12.4. The van der Waals surface area contributed by atoms with Gasteiger partial charge in [0, 0.05) is 12.6 Å². The summed E-state index contributed by atoms with van der Waals surface area (Å²) >= 11 is 0. The van der Waals surface area contributed by atoms with Crippen molar-refractivity contribution in [2.75, 3.05) is 13.1 Å². The third kappa shape index (κ3) is 5.52. The van der Waals surface area contributed by atoms with Crippen LogP contribution < -0.4 is 10.6 Å². The highest BCUT2D eigenvalue weighted by molar-refractivity contribution is 5.77. The molecule has 110 valence electrons. The number of hydrogen-bond donors (Lipinski definition) is 2. The number of carbonyl (C=O) groups is 1. The summed E-state index contributed by atoms with van der Waals surface area (Å²) in [5, 5.41) is 6.43. The summed E-state index contributed by atoms with van der Waals surface area (Å²) in [5.41, 5.74) is 0. The van der Waals surface area contributed by atoms with E-state index in [2.05, 4.69) is 17.6 Å². The van der Waals surface area contributed by atoms with Crippen LogP contribution in [0.4, 0.5) is 0 Å². The molecule has 0 aliphatic heterocycles. The molecule has 2 saturated carbocycles. The summed E-state index contributed by atoms with van der Waals surface area (Å²) in [7, 11) is 0. The first-order valence-electron chi connectivity index (χ1n) is 8.24. The SMILES string of the molecule is CC1CCCC(CCNC(=O)CNC2CCCC2)C1. The molecule has 2 fully saturated rings. The molecule has 3 nitrogen and oxygen atoms in total. The molecule has 2 aliphatic rings. The number of carbonyl (C=O) groups excluding carboxylic acids is 1. The Labute approximate surface area is 117 Å². The van der Waals surface area contributed by atoms with Crippen molar-refractivity contribution in [1.29, 1.82) is 0 Å². The molecule has 0 aromatic rings. The van der Waals surface area contributed by atoms with Gasteiger partial charge in [0.1, 0.15) is 0 Å². The minimum absolute atomic E-state index is 0.177. The molecule has 2 unspecified atom stereocenters. The van der Waals surface area contributed by atoms with Crippen LogP contribution in [-0.2, 0) is 4.79 Å². The molecule has 0 radical (unpaired) electrons. The minimum Gasteiger partial charge on any atom is -0.355 e. The Kier molecular flexibility index (Phi) is 6.15. The highest BCUT2D eigenvalue weighted by Gasteiger charge is 2.19. The lowest BCUT2D eigenvalue weighted by molar-refractivity contribution is -0.120. The van der Waals surface area contributed by atoms with Crippen molar-refractivity contribution < 1.29 is 4.79 Å². The number of nitrogens with one attached hydrogen (secondary N) is 2. The molecule has 2 rings (SSSR count). The summed E-state index contributed by atoms with van der Waals surface area (Å²) in [4.78, 5) is 11.7. The fraction of sp³-hybridized carbons (Fsp3) is 0.938. The smallest absolute Gasteiger partial charge is 0.233 e. The van der Waals surface area contributed by atoms with Gasteiger partial charge in [-0.25, -0.2) is 0 Å². The first-order valence-corrected chi connectivity index (χ1v) is 8.24. The molecule has 0 saturated heterocycles. The minimum atomic E-state index is 0.177. The molecule has 19 heavy (non-hydrogen) atoms. The van der Waals surface area contributed by atoms with Crippen LogP contribution in [0, 0.1) is 11.8 Å². The van der Waals surface area contributed by atoms with Gasteiger partial charge in [-0.05, 0) is 37.5 Å². The highest BCUT2D eigenvalue weighted by Crippen LogP contribution is 2.30. The maximum absolute atomic E-state index is 11.7. The van der Waals surface area contributed by atoms with E-state index in [0.717, 1.165) is 18.4 Å². The Morgan fingerprint density at radius 2 is 1.89 bits per heavy atom. The maximum Gasteiger partial charge on any atom is 0.233 e. The lowest BCUT2D eigenvalue weighted by atomic mass is 9.81. The van der Waals surface area contributed by atoms with Crippen LogP contribution in [0.1, 0.15) is 64.7 Å². The first kappa shape index (κ1) is 14.8. The van der Waals surface area contributed by atoms with Crippen LogP contribution >= 0.6 is 0 Å². The third-order valence-corrected chi connectivity index (χ3v) is 4.83. The van der Waals surface area contributed by atoms with Crippen LogP contribution in [0.2, 0.25) is 0 Å². The number of rotatable bonds is 6. The standard InChI is InChI=1S/C16H30N2O/c1-13-5-4-6-14(11-13)9-10-17-16(19)12-18-15-7-2-3-8-15/h13-15,18H,2-12H2,1H3,(H,17,19). The van der Waals surface area contributed by atoms with Crippen molar-refractivity contribution in [3.63, 3.8) is 0 Å². The number of hydrogen-bond acceptors (Lipinski definition) is 2. The monoisotopic (exact) mass is 266 g/mol. The first-order chi connectivity index (χ1) is 9.24. The van der Waals surface area contributed by atoms with E-state index >= 15 is 0 Å². The quantitative estimate of drug-likeness (QED) is 0.776. The Morgan fingerprint density at radius 1 is 1.11 bits per heavy atom. The van der Waals surface area contributed by atoms with E-state index in [0.29, 0.717) is 12.6 Å². The molecule has 0 aromatic carbocycles. The fourth-order valence-electron chi connectivity index (χ4n) is 3.67. The van der Waals surface area contributed by atoms with Crippen molar-refractivity contribution >= 4 is 5.91 Å². The van der Waals surface area contributed by atoms with Gasteiger partial charge in [0.2, 0.25) is 5.91 Å². The summed E-state index contributed by atoms with van der Waals surface area (Å²) in [5.74, 6) is 1.90. The molecule has 0 spiro atoms. The zero-order valence-corrected chi connectivity index (χ0v) is 12.4. The second-order valence-electron chi connectivity index (χ2n) is 6.64. The van der Waals surface area contributed by atoms with Crippen molar-refractivity contribution in [1.82, 2.24) is 10.6 Å². The summed E-state index contributed by atoms with van der Waals surface area (Å²) in [6, 6.07) is 0.588. The van der Waals surface area contributed by atoms with Crippen LogP contribution in [0.3, 0.4) is 0 Å². The molecule has 1 amide bonds. The molecular weight excluding hydrogens is 236 g/mol. The Balaban J connectivity index is 1.51. The van der Waals surface area contributed by atoms with Crippen molar-refractivity contribution in [3.05, 3.63) is 0 Å².